The number of nitrogens with zero attached hydrogens (tertiary/aromatic N) is 2. The van der Waals surface area contributed by atoms with Gasteiger partial charge in [-0.25, -0.2) is 0 Å². The van der Waals surface area contributed by atoms with Crippen molar-refractivity contribution in [3.63, 3.8) is 0 Å². The molecule has 0 spiro atoms. The standard InChI is InChI=1S/C16H20N4O2/c1-3-9-16(2,17)15(21)19-12-6-4-7-13(11-12)22-14-8-5-10-18-20-14/h4-8,10-11H,3,9,17H2,1-2H3,(H,19,21). The van der Waals surface area contributed by atoms with Gasteiger partial charge in [-0.1, -0.05) is 19.4 Å². The van der Waals surface area contributed by atoms with Crippen molar-refractivity contribution in [1.82, 2.24) is 10.2 Å². The maximum absolute atomic E-state index is 12.2. The molecule has 0 bridgehead atoms. The number of carbonyl (C=O) groups is 1. The van der Waals surface area contributed by atoms with E-state index in [1.807, 2.05) is 6.92 Å². The van der Waals surface area contributed by atoms with E-state index in [4.69, 9.17) is 10.5 Å². The fourth-order valence-corrected chi connectivity index (χ4v) is 2.01. The van der Waals surface area contributed by atoms with E-state index in [1.165, 1.54) is 0 Å². The lowest BCUT2D eigenvalue weighted by Gasteiger charge is -2.22. The van der Waals surface area contributed by atoms with Crippen molar-refractivity contribution in [1.29, 1.82) is 0 Å². The van der Waals surface area contributed by atoms with Crippen molar-refractivity contribution in [3.05, 3.63) is 42.6 Å². The lowest BCUT2D eigenvalue weighted by molar-refractivity contribution is -0.120. The molecule has 1 unspecified atom stereocenters. The monoisotopic (exact) mass is 300 g/mol. The summed E-state index contributed by atoms with van der Waals surface area (Å²) in [6.07, 6.45) is 3.03. The molecular formula is C16H20N4O2. The zero-order valence-electron chi connectivity index (χ0n) is 12.7. The van der Waals surface area contributed by atoms with Gasteiger partial charge >= 0.3 is 0 Å². The van der Waals surface area contributed by atoms with Gasteiger partial charge in [0.05, 0.1) is 5.54 Å². The molecule has 0 saturated heterocycles. The number of hydrogen-bond acceptors (Lipinski definition) is 5. The van der Waals surface area contributed by atoms with Crippen LogP contribution in [0.4, 0.5) is 5.69 Å². The number of nitrogens with one attached hydrogen (secondary N) is 1. The minimum absolute atomic E-state index is 0.217. The number of ether oxygens (including phenoxy) is 1. The highest BCUT2D eigenvalue weighted by Crippen LogP contribution is 2.23. The zero-order chi connectivity index (χ0) is 16.0. The van der Waals surface area contributed by atoms with Crippen LogP contribution in [0.25, 0.3) is 0 Å². The molecule has 0 radical (unpaired) electrons. The fraction of sp³-hybridized carbons (Fsp3) is 0.312. The Bertz CT molecular complexity index is 629. The van der Waals surface area contributed by atoms with E-state index < -0.39 is 5.54 Å². The number of carbonyl (C=O) groups excluding carboxylic acids is 1. The fourth-order valence-electron chi connectivity index (χ4n) is 2.01. The molecule has 3 N–H and O–H groups in total. The van der Waals surface area contributed by atoms with Crippen molar-refractivity contribution in [2.24, 2.45) is 5.73 Å². The Morgan fingerprint density at radius 2 is 2.18 bits per heavy atom. The number of nitrogens with two attached hydrogens (primary N) is 1. The molecule has 0 aliphatic rings. The molecule has 1 aromatic carbocycles. The van der Waals surface area contributed by atoms with Crippen molar-refractivity contribution in [3.8, 4) is 11.6 Å². The van der Waals surface area contributed by atoms with Gasteiger partial charge in [-0.05, 0) is 31.5 Å². The molecule has 6 heteroatoms. The first kappa shape index (κ1) is 15.9. The first-order valence-corrected chi connectivity index (χ1v) is 7.17. The van der Waals surface area contributed by atoms with Crippen molar-refractivity contribution >= 4 is 11.6 Å². The van der Waals surface area contributed by atoms with Crippen LogP contribution in [0.5, 0.6) is 11.6 Å². The number of benzene rings is 1. The van der Waals surface area contributed by atoms with Gasteiger partial charge in [-0.2, -0.15) is 5.10 Å². The smallest absolute Gasteiger partial charge is 0.244 e. The largest absolute Gasteiger partial charge is 0.437 e. The van der Waals surface area contributed by atoms with E-state index in [1.54, 1.807) is 49.5 Å². The van der Waals surface area contributed by atoms with Crippen LogP contribution in [0.1, 0.15) is 26.7 Å². The minimum atomic E-state index is -0.892. The molecule has 0 saturated carbocycles. The van der Waals surface area contributed by atoms with E-state index in [0.29, 0.717) is 23.7 Å². The number of amides is 1. The summed E-state index contributed by atoms with van der Waals surface area (Å²) in [6, 6.07) is 10.5. The number of anilines is 1. The van der Waals surface area contributed by atoms with E-state index in [2.05, 4.69) is 15.5 Å². The molecular weight excluding hydrogens is 280 g/mol. The Morgan fingerprint density at radius 3 is 2.86 bits per heavy atom. The van der Waals surface area contributed by atoms with Crippen LogP contribution in [0.15, 0.2) is 42.6 Å². The predicted octanol–water partition coefficient (Wildman–Crippen LogP) is 2.72. The average molecular weight is 300 g/mol. The summed E-state index contributed by atoms with van der Waals surface area (Å²) in [6.45, 7) is 3.72. The second-order valence-corrected chi connectivity index (χ2v) is 5.31. The molecule has 116 valence electrons. The quantitative estimate of drug-likeness (QED) is 0.856. The zero-order valence-corrected chi connectivity index (χ0v) is 12.7. The van der Waals surface area contributed by atoms with Gasteiger partial charge in [0.15, 0.2) is 0 Å². The molecule has 2 aromatic rings. The lowest BCUT2D eigenvalue weighted by atomic mass is 9.96. The van der Waals surface area contributed by atoms with Gasteiger partial charge in [-0.3, -0.25) is 4.79 Å². The highest BCUT2D eigenvalue weighted by molar-refractivity contribution is 5.97. The molecule has 0 fully saturated rings. The van der Waals surface area contributed by atoms with Gasteiger partial charge < -0.3 is 15.8 Å². The van der Waals surface area contributed by atoms with Gasteiger partial charge in [0.25, 0.3) is 0 Å². The highest BCUT2D eigenvalue weighted by Gasteiger charge is 2.27. The Labute approximate surface area is 129 Å². The maximum Gasteiger partial charge on any atom is 0.244 e. The third-order valence-electron chi connectivity index (χ3n) is 3.15. The average Bonchev–Trinajstić information content (AvgIpc) is 2.48. The van der Waals surface area contributed by atoms with Gasteiger partial charge in [0, 0.05) is 24.0 Å². The topological polar surface area (TPSA) is 90.1 Å². The molecule has 0 aliphatic heterocycles. The summed E-state index contributed by atoms with van der Waals surface area (Å²) in [5.41, 5.74) is 5.75. The first-order chi connectivity index (χ1) is 10.5. The third kappa shape index (κ3) is 4.26. The first-order valence-electron chi connectivity index (χ1n) is 7.17. The van der Waals surface area contributed by atoms with Gasteiger partial charge in [0.1, 0.15) is 5.75 Å². The number of aromatic nitrogens is 2. The molecule has 2 rings (SSSR count). The minimum Gasteiger partial charge on any atom is -0.437 e. The van der Waals surface area contributed by atoms with Crippen LogP contribution < -0.4 is 15.8 Å². The molecule has 1 amide bonds. The van der Waals surface area contributed by atoms with Crippen LogP contribution in [0, 0.1) is 0 Å². The molecule has 22 heavy (non-hydrogen) atoms. The van der Waals surface area contributed by atoms with Crippen LogP contribution in [0.3, 0.4) is 0 Å². The van der Waals surface area contributed by atoms with Crippen LogP contribution in [-0.2, 0) is 4.79 Å². The summed E-state index contributed by atoms with van der Waals surface area (Å²) >= 11 is 0. The number of rotatable bonds is 6. The van der Waals surface area contributed by atoms with Crippen LogP contribution >= 0.6 is 0 Å². The van der Waals surface area contributed by atoms with E-state index in [0.717, 1.165) is 6.42 Å². The van der Waals surface area contributed by atoms with E-state index in [9.17, 15) is 4.79 Å². The van der Waals surface area contributed by atoms with E-state index in [-0.39, 0.29) is 5.91 Å². The second-order valence-electron chi connectivity index (χ2n) is 5.31. The molecule has 6 nitrogen and oxygen atoms in total. The van der Waals surface area contributed by atoms with Gasteiger partial charge in [-0.15, -0.1) is 5.10 Å². The summed E-state index contributed by atoms with van der Waals surface area (Å²) in [5.74, 6) is 0.735. The second kappa shape index (κ2) is 7.00. The SMILES string of the molecule is CCCC(C)(N)C(=O)Nc1cccc(Oc2cccnn2)c1. The van der Waals surface area contributed by atoms with Crippen LogP contribution in [-0.4, -0.2) is 21.6 Å². The molecule has 1 heterocycles. The van der Waals surface area contributed by atoms with Crippen molar-refractivity contribution < 1.29 is 9.53 Å². The highest BCUT2D eigenvalue weighted by atomic mass is 16.5. The Morgan fingerprint density at radius 1 is 1.36 bits per heavy atom. The number of hydrogen-bond donors (Lipinski definition) is 2. The molecule has 1 aromatic heterocycles. The Kier molecular flexibility index (Phi) is 5.06. The summed E-state index contributed by atoms with van der Waals surface area (Å²) < 4.78 is 5.58. The Hall–Kier alpha value is -2.47. The van der Waals surface area contributed by atoms with E-state index >= 15 is 0 Å². The van der Waals surface area contributed by atoms with Crippen molar-refractivity contribution in [2.75, 3.05) is 5.32 Å². The maximum atomic E-state index is 12.2. The molecule has 1 atom stereocenters. The third-order valence-corrected chi connectivity index (χ3v) is 3.15. The lowest BCUT2D eigenvalue weighted by Crippen LogP contribution is -2.48. The summed E-state index contributed by atoms with van der Waals surface area (Å²) in [7, 11) is 0. The Balaban J connectivity index is 2.07. The van der Waals surface area contributed by atoms with Gasteiger partial charge in [0.2, 0.25) is 11.8 Å². The molecule has 0 aliphatic carbocycles. The predicted molar refractivity (Wildman–Crippen MR) is 84.7 cm³/mol. The van der Waals surface area contributed by atoms with Crippen LogP contribution in [0.2, 0.25) is 0 Å². The summed E-state index contributed by atoms with van der Waals surface area (Å²) in [4.78, 5) is 12.2. The normalized spacial score (nSPS) is 13.2. The summed E-state index contributed by atoms with van der Waals surface area (Å²) in [5, 5.41) is 10.4. The van der Waals surface area contributed by atoms with Crippen molar-refractivity contribution in [2.45, 2.75) is 32.2 Å².